The first-order chi connectivity index (χ1) is 12.7. The van der Waals surface area contributed by atoms with Crippen molar-refractivity contribution in [2.45, 2.75) is 32.4 Å². The Morgan fingerprint density at radius 3 is 2.81 bits per heavy atom. The van der Waals surface area contributed by atoms with Gasteiger partial charge in [0.05, 0.1) is 18.2 Å². The van der Waals surface area contributed by atoms with E-state index in [2.05, 4.69) is 15.7 Å². The Morgan fingerprint density at radius 2 is 2.12 bits per heavy atom. The van der Waals surface area contributed by atoms with E-state index in [1.165, 1.54) is 0 Å². The van der Waals surface area contributed by atoms with Crippen LogP contribution >= 0.6 is 0 Å². The van der Waals surface area contributed by atoms with Crippen molar-refractivity contribution in [3.63, 3.8) is 0 Å². The van der Waals surface area contributed by atoms with Gasteiger partial charge in [0.1, 0.15) is 5.69 Å². The maximum Gasteiger partial charge on any atom is 0.338 e. The molecule has 1 fully saturated rings. The molecule has 1 saturated heterocycles. The van der Waals surface area contributed by atoms with Crippen LogP contribution < -0.4 is 10.6 Å². The maximum atomic E-state index is 12.3. The molecule has 7 nitrogen and oxygen atoms in total. The number of hydrogen-bond donors (Lipinski definition) is 2. The van der Waals surface area contributed by atoms with Crippen LogP contribution in [0.1, 0.15) is 52.2 Å². The van der Waals surface area contributed by atoms with Crippen LogP contribution in [0.15, 0.2) is 36.5 Å². The molecule has 1 unspecified atom stereocenters. The molecule has 1 aliphatic rings. The number of carbonyl (C=O) groups is 2. The van der Waals surface area contributed by atoms with Crippen LogP contribution in [0.2, 0.25) is 0 Å². The van der Waals surface area contributed by atoms with E-state index in [1.807, 2.05) is 10.9 Å². The molecule has 1 atom stereocenters. The van der Waals surface area contributed by atoms with E-state index in [0.717, 1.165) is 31.5 Å². The van der Waals surface area contributed by atoms with Crippen LogP contribution in [0.5, 0.6) is 0 Å². The van der Waals surface area contributed by atoms with Gasteiger partial charge >= 0.3 is 5.97 Å². The van der Waals surface area contributed by atoms with Gasteiger partial charge < -0.3 is 15.4 Å². The van der Waals surface area contributed by atoms with Gasteiger partial charge in [0.25, 0.3) is 5.91 Å². The third kappa shape index (κ3) is 4.49. The van der Waals surface area contributed by atoms with Crippen LogP contribution in [-0.4, -0.2) is 41.4 Å². The number of nitrogens with zero attached hydrogens (tertiary/aromatic N) is 2. The van der Waals surface area contributed by atoms with Crippen LogP contribution in [-0.2, 0) is 11.3 Å². The van der Waals surface area contributed by atoms with Gasteiger partial charge in [0.2, 0.25) is 0 Å². The summed E-state index contributed by atoms with van der Waals surface area (Å²) in [6.07, 6.45) is 4.05. The number of rotatable bonds is 6. The predicted molar refractivity (Wildman–Crippen MR) is 96.9 cm³/mol. The minimum absolute atomic E-state index is 0.206. The zero-order valence-corrected chi connectivity index (χ0v) is 14.9. The van der Waals surface area contributed by atoms with Gasteiger partial charge in [-0.05, 0) is 50.1 Å². The zero-order chi connectivity index (χ0) is 18.4. The Labute approximate surface area is 152 Å². The number of carbonyl (C=O) groups excluding carboxylic acids is 2. The second-order valence-corrected chi connectivity index (χ2v) is 6.28. The van der Waals surface area contributed by atoms with E-state index < -0.39 is 0 Å². The molecule has 1 aliphatic heterocycles. The number of benzene rings is 1. The molecular weight excluding hydrogens is 332 g/mol. The van der Waals surface area contributed by atoms with E-state index in [9.17, 15) is 9.59 Å². The second-order valence-electron chi connectivity index (χ2n) is 6.28. The monoisotopic (exact) mass is 356 g/mol. The fourth-order valence-electron chi connectivity index (χ4n) is 2.97. The second kappa shape index (κ2) is 8.62. The quantitative estimate of drug-likeness (QED) is 0.773. The molecule has 2 heterocycles. The van der Waals surface area contributed by atoms with Gasteiger partial charge in [-0.25, -0.2) is 4.79 Å². The van der Waals surface area contributed by atoms with Crippen molar-refractivity contribution in [3.8, 4) is 0 Å². The standard InChI is InChI=1S/C19H24N4O3/c1-2-26-19(25)15-7-5-14(6-8-15)12-21-18(24)17-9-11-23(22-17)16-4-3-10-20-13-16/h5-9,11,16,20H,2-4,10,12-13H2,1H3,(H,21,24). The molecule has 0 aliphatic carbocycles. The average Bonchev–Trinajstić information content (AvgIpc) is 3.18. The lowest BCUT2D eigenvalue weighted by atomic mass is 10.1. The van der Waals surface area contributed by atoms with E-state index in [0.29, 0.717) is 30.5 Å². The predicted octanol–water partition coefficient (Wildman–Crippen LogP) is 1.91. The first-order valence-corrected chi connectivity index (χ1v) is 8.97. The van der Waals surface area contributed by atoms with Crippen molar-refractivity contribution in [2.24, 2.45) is 0 Å². The van der Waals surface area contributed by atoms with E-state index >= 15 is 0 Å². The number of amides is 1. The third-order valence-corrected chi connectivity index (χ3v) is 4.40. The van der Waals surface area contributed by atoms with Crippen molar-refractivity contribution in [2.75, 3.05) is 19.7 Å². The number of nitrogens with one attached hydrogen (secondary N) is 2. The van der Waals surface area contributed by atoms with Crippen molar-refractivity contribution in [3.05, 3.63) is 53.3 Å². The number of ether oxygens (including phenoxy) is 1. The summed E-state index contributed by atoms with van der Waals surface area (Å²) in [5, 5.41) is 10.6. The van der Waals surface area contributed by atoms with Crippen molar-refractivity contribution < 1.29 is 14.3 Å². The molecule has 26 heavy (non-hydrogen) atoms. The van der Waals surface area contributed by atoms with Gasteiger partial charge in [0, 0.05) is 19.3 Å². The Morgan fingerprint density at radius 1 is 1.31 bits per heavy atom. The fourth-order valence-corrected chi connectivity index (χ4v) is 2.97. The van der Waals surface area contributed by atoms with E-state index in [-0.39, 0.29) is 11.9 Å². The summed E-state index contributed by atoms with van der Waals surface area (Å²) in [5.41, 5.74) is 1.82. The van der Waals surface area contributed by atoms with Gasteiger partial charge in [-0.3, -0.25) is 9.48 Å². The summed E-state index contributed by atoms with van der Waals surface area (Å²) < 4.78 is 6.82. The summed E-state index contributed by atoms with van der Waals surface area (Å²) >= 11 is 0. The lowest BCUT2D eigenvalue weighted by Gasteiger charge is -2.22. The number of esters is 1. The molecule has 1 aromatic carbocycles. The molecule has 0 bridgehead atoms. The molecule has 0 saturated carbocycles. The molecule has 138 valence electrons. The SMILES string of the molecule is CCOC(=O)c1ccc(CNC(=O)c2ccn(C3CCCNC3)n2)cc1. The van der Waals surface area contributed by atoms with Gasteiger partial charge in [-0.1, -0.05) is 12.1 Å². The lowest BCUT2D eigenvalue weighted by Crippen LogP contribution is -2.32. The highest BCUT2D eigenvalue weighted by atomic mass is 16.5. The average molecular weight is 356 g/mol. The van der Waals surface area contributed by atoms with Crippen LogP contribution in [0.3, 0.4) is 0 Å². The minimum Gasteiger partial charge on any atom is -0.462 e. The lowest BCUT2D eigenvalue weighted by molar-refractivity contribution is 0.0526. The van der Waals surface area contributed by atoms with Crippen LogP contribution in [0.4, 0.5) is 0 Å². The topological polar surface area (TPSA) is 85.2 Å². The zero-order valence-electron chi connectivity index (χ0n) is 14.9. The molecular formula is C19H24N4O3. The van der Waals surface area contributed by atoms with E-state index in [4.69, 9.17) is 4.74 Å². The highest BCUT2D eigenvalue weighted by Gasteiger charge is 2.17. The van der Waals surface area contributed by atoms with Crippen LogP contribution in [0.25, 0.3) is 0 Å². The first kappa shape index (κ1) is 18.1. The largest absolute Gasteiger partial charge is 0.462 e. The Bertz CT molecular complexity index is 748. The third-order valence-electron chi connectivity index (χ3n) is 4.40. The van der Waals surface area contributed by atoms with Crippen molar-refractivity contribution in [1.82, 2.24) is 20.4 Å². The smallest absolute Gasteiger partial charge is 0.338 e. The Balaban J connectivity index is 1.54. The summed E-state index contributed by atoms with van der Waals surface area (Å²) in [6.45, 7) is 4.42. The molecule has 0 spiro atoms. The summed E-state index contributed by atoms with van der Waals surface area (Å²) in [7, 11) is 0. The highest BCUT2D eigenvalue weighted by molar-refractivity contribution is 5.92. The maximum absolute atomic E-state index is 12.3. The van der Waals surface area contributed by atoms with Gasteiger partial charge in [0.15, 0.2) is 0 Å². The number of piperidine rings is 1. The normalized spacial score (nSPS) is 16.9. The molecule has 3 rings (SSSR count). The van der Waals surface area contributed by atoms with Crippen LogP contribution in [0, 0.1) is 0 Å². The summed E-state index contributed by atoms with van der Waals surface area (Å²) in [5.74, 6) is -0.548. The van der Waals surface area contributed by atoms with Gasteiger partial charge in [-0.2, -0.15) is 5.10 Å². The molecule has 2 N–H and O–H groups in total. The Kier molecular flexibility index (Phi) is 6.01. The first-order valence-electron chi connectivity index (χ1n) is 8.97. The summed E-state index contributed by atoms with van der Waals surface area (Å²) in [4.78, 5) is 23.9. The molecule has 1 amide bonds. The van der Waals surface area contributed by atoms with Crippen molar-refractivity contribution >= 4 is 11.9 Å². The highest BCUT2D eigenvalue weighted by Crippen LogP contribution is 2.15. The Hall–Kier alpha value is -2.67. The molecule has 2 aromatic rings. The number of hydrogen-bond acceptors (Lipinski definition) is 5. The molecule has 0 radical (unpaired) electrons. The number of aromatic nitrogens is 2. The van der Waals surface area contributed by atoms with Gasteiger partial charge in [-0.15, -0.1) is 0 Å². The summed E-state index contributed by atoms with van der Waals surface area (Å²) in [6, 6.07) is 9.06. The molecule has 1 aromatic heterocycles. The van der Waals surface area contributed by atoms with E-state index in [1.54, 1.807) is 37.3 Å². The van der Waals surface area contributed by atoms with Crippen molar-refractivity contribution in [1.29, 1.82) is 0 Å². The fraction of sp³-hybridized carbons (Fsp3) is 0.421. The minimum atomic E-state index is -0.342. The molecule has 7 heteroatoms.